The fourth-order valence-electron chi connectivity index (χ4n) is 3.33. The molecule has 1 aliphatic rings. The van der Waals surface area contributed by atoms with Gasteiger partial charge in [0.05, 0.1) is 12.2 Å². The molecule has 28 heavy (non-hydrogen) atoms. The average molecular weight is 383 g/mol. The molecule has 0 unspecified atom stereocenters. The van der Waals surface area contributed by atoms with Crippen molar-refractivity contribution in [3.05, 3.63) is 71.6 Å². The number of hydrogen-bond donors (Lipinski definition) is 0. The Hall–Kier alpha value is -3.06. The van der Waals surface area contributed by atoms with Gasteiger partial charge in [0.15, 0.2) is 0 Å². The summed E-state index contributed by atoms with van der Waals surface area (Å²) in [4.78, 5) is 20.7. The van der Waals surface area contributed by atoms with Crippen molar-refractivity contribution in [2.24, 2.45) is 0 Å². The molecule has 0 atom stereocenters. The fourth-order valence-corrected chi connectivity index (χ4v) is 3.33. The summed E-state index contributed by atoms with van der Waals surface area (Å²) >= 11 is 0. The molecule has 2 aromatic carbocycles. The van der Waals surface area contributed by atoms with Crippen LogP contribution in [0.25, 0.3) is 11.5 Å². The molecule has 3 aromatic rings. The first-order valence-corrected chi connectivity index (χ1v) is 9.00. The highest BCUT2D eigenvalue weighted by Gasteiger charge is 2.26. The summed E-state index contributed by atoms with van der Waals surface area (Å²) in [7, 11) is 0. The Morgan fingerprint density at radius 3 is 2.46 bits per heavy atom. The fraction of sp³-hybridized carbons (Fsp3) is 0.238. The first-order chi connectivity index (χ1) is 13.5. The zero-order valence-electron chi connectivity index (χ0n) is 15.4. The number of piperazine rings is 1. The van der Waals surface area contributed by atoms with E-state index in [2.05, 4.69) is 4.98 Å². The summed E-state index contributed by atoms with van der Waals surface area (Å²) in [6.07, 6.45) is 0. The molecule has 144 valence electrons. The van der Waals surface area contributed by atoms with Crippen molar-refractivity contribution in [2.45, 2.75) is 13.5 Å². The van der Waals surface area contributed by atoms with Crippen LogP contribution < -0.4 is 4.90 Å². The van der Waals surface area contributed by atoms with Crippen LogP contribution in [0.15, 0.2) is 52.9 Å². The molecule has 1 amide bonds. The first-order valence-electron chi connectivity index (χ1n) is 9.00. The normalized spacial score (nSPS) is 15.2. The van der Waals surface area contributed by atoms with Crippen LogP contribution in [-0.4, -0.2) is 35.4 Å². The van der Waals surface area contributed by atoms with Crippen molar-refractivity contribution < 1.29 is 18.0 Å². The third-order valence-electron chi connectivity index (χ3n) is 4.74. The highest BCUT2D eigenvalue weighted by atomic mass is 19.1. The molecular weight excluding hydrogens is 364 g/mol. The third-order valence-corrected chi connectivity index (χ3v) is 4.74. The molecule has 1 aliphatic heterocycles. The third kappa shape index (κ3) is 3.80. The predicted molar refractivity (Wildman–Crippen MR) is 101 cm³/mol. The van der Waals surface area contributed by atoms with Crippen LogP contribution in [0.5, 0.6) is 0 Å². The molecule has 1 aromatic heterocycles. The number of hydrogen-bond acceptors (Lipinski definition) is 4. The highest BCUT2D eigenvalue weighted by Crippen LogP contribution is 2.25. The second-order valence-electron chi connectivity index (χ2n) is 6.77. The monoisotopic (exact) mass is 383 g/mol. The molecule has 0 bridgehead atoms. The van der Waals surface area contributed by atoms with Crippen molar-refractivity contribution in [1.82, 2.24) is 9.88 Å². The van der Waals surface area contributed by atoms with E-state index in [9.17, 15) is 13.6 Å². The highest BCUT2D eigenvalue weighted by molar-refractivity contribution is 5.95. The molecule has 1 fully saturated rings. The van der Waals surface area contributed by atoms with Crippen LogP contribution in [0.1, 0.15) is 11.5 Å². The minimum atomic E-state index is -0.685. The van der Waals surface area contributed by atoms with E-state index in [1.165, 1.54) is 12.1 Å². The zero-order valence-corrected chi connectivity index (χ0v) is 15.4. The Morgan fingerprint density at radius 1 is 1.07 bits per heavy atom. The van der Waals surface area contributed by atoms with Crippen molar-refractivity contribution in [3.63, 3.8) is 0 Å². The van der Waals surface area contributed by atoms with E-state index < -0.39 is 11.6 Å². The number of aromatic nitrogens is 1. The Bertz CT molecular complexity index is 984. The number of oxazole rings is 1. The van der Waals surface area contributed by atoms with Gasteiger partial charge in [-0.05, 0) is 31.2 Å². The molecule has 7 heteroatoms. The lowest BCUT2D eigenvalue weighted by Crippen LogP contribution is -2.50. The van der Waals surface area contributed by atoms with Crippen LogP contribution in [-0.2, 0) is 11.3 Å². The van der Waals surface area contributed by atoms with Crippen LogP contribution in [0, 0.1) is 18.6 Å². The SMILES string of the molecule is Cc1oc(-c2cc(F)cc(F)c2)nc1CN1CCN(c2ccccc2)C(=O)C1. The summed E-state index contributed by atoms with van der Waals surface area (Å²) in [6.45, 7) is 3.73. The van der Waals surface area contributed by atoms with E-state index >= 15 is 0 Å². The Kier molecular flexibility index (Phi) is 4.92. The number of rotatable bonds is 4. The van der Waals surface area contributed by atoms with Gasteiger partial charge in [-0.3, -0.25) is 9.69 Å². The van der Waals surface area contributed by atoms with Gasteiger partial charge < -0.3 is 9.32 Å². The van der Waals surface area contributed by atoms with Gasteiger partial charge in [0.25, 0.3) is 0 Å². The maximum absolute atomic E-state index is 13.5. The number of aryl methyl sites for hydroxylation is 1. The lowest BCUT2D eigenvalue weighted by atomic mass is 10.2. The number of benzene rings is 2. The number of nitrogens with zero attached hydrogens (tertiary/aromatic N) is 3. The van der Waals surface area contributed by atoms with Gasteiger partial charge in [0, 0.05) is 37.0 Å². The topological polar surface area (TPSA) is 49.6 Å². The standard InChI is InChI=1S/C21H19F2N3O2/c1-14-19(24-21(28-14)15-9-16(22)11-17(23)10-15)12-25-7-8-26(20(27)13-25)18-5-3-2-4-6-18/h2-6,9-11H,7-8,12-13H2,1H3. The molecule has 0 radical (unpaired) electrons. The summed E-state index contributed by atoms with van der Waals surface area (Å²) in [5.41, 5.74) is 1.79. The Morgan fingerprint density at radius 2 is 1.79 bits per heavy atom. The van der Waals surface area contributed by atoms with Gasteiger partial charge in [0.2, 0.25) is 11.8 Å². The molecular formula is C21H19F2N3O2. The quantitative estimate of drug-likeness (QED) is 0.688. The van der Waals surface area contributed by atoms with Gasteiger partial charge >= 0.3 is 0 Å². The minimum Gasteiger partial charge on any atom is -0.441 e. The van der Waals surface area contributed by atoms with Gasteiger partial charge in [-0.25, -0.2) is 13.8 Å². The summed E-state index contributed by atoms with van der Waals surface area (Å²) in [6, 6.07) is 12.7. The van der Waals surface area contributed by atoms with Gasteiger partial charge in [-0.2, -0.15) is 0 Å². The number of carbonyl (C=O) groups excluding carboxylic acids is 1. The van der Waals surface area contributed by atoms with E-state index in [0.717, 1.165) is 11.8 Å². The van der Waals surface area contributed by atoms with Gasteiger partial charge in [0.1, 0.15) is 17.4 Å². The largest absolute Gasteiger partial charge is 0.441 e. The number of amides is 1. The Balaban J connectivity index is 1.47. The molecule has 1 saturated heterocycles. The van der Waals surface area contributed by atoms with Crippen molar-refractivity contribution in [3.8, 4) is 11.5 Å². The Labute approximate surface area is 161 Å². The van der Waals surface area contributed by atoms with Gasteiger partial charge in [-0.15, -0.1) is 0 Å². The van der Waals surface area contributed by atoms with E-state index in [-0.39, 0.29) is 23.9 Å². The van der Waals surface area contributed by atoms with Crippen molar-refractivity contribution in [1.29, 1.82) is 0 Å². The van der Waals surface area contributed by atoms with E-state index in [1.807, 2.05) is 35.2 Å². The number of carbonyl (C=O) groups is 1. The molecule has 0 saturated carbocycles. The zero-order chi connectivity index (χ0) is 19.7. The molecule has 0 N–H and O–H groups in total. The summed E-state index contributed by atoms with van der Waals surface area (Å²) < 4.78 is 32.5. The maximum Gasteiger partial charge on any atom is 0.241 e. The number of halogens is 2. The molecule has 0 aliphatic carbocycles. The van der Waals surface area contributed by atoms with Gasteiger partial charge in [-0.1, -0.05) is 18.2 Å². The number of para-hydroxylation sites is 1. The second-order valence-corrected chi connectivity index (χ2v) is 6.77. The van der Waals surface area contributed by atoms with E-state index in [0.29, 0.717) is 31.1 Å². The van der Waals surface area contributed by atoms with E-state index in [1.54, 1.807) is 11.8 Å². The summed E-state index contributed by atoms with van der Waals surface area (Å²) in [5, 5.41) is 0. The smallest absolute Gasteiger partial charge is 0.241 e. The lowest BCUT2D eigenvalue weighted by molar-refractivity contribution is -0.121. The maximum atomic E-state index is 13.5. The molecule has 2 heterocycles. The minimum absolute atomic E-state index is 0.0195. The van der Waals surface area contributed by atoms with Crippen molar-refractivity contribution >= 4 is 11.6 Å². The summed E-state index contributed by atoms with van der Waals surface area (Å²) in [5.74, 6) is -0.617. The predicted octanol–water partition coefficient (Wildman–Crippen LogP) is 3.78. The van der Waals surface area contributed by atoms with E-state index in [4.69, 9.17) is 4.42 Å². The number of anilines is 1. The molecule has 5 nitrogen and oxygen atoms in total. The van der Waals surface area contributed by atoms with Crippen LogP contribution in [0.3, 0.4) is 0 Å². The first kappa shape index (κ1) is 18.3. The average Bonchev–Trinajstić information content (AvgIpc) is 3.02. The molecule has 0 spiro atoms. The van der Waals surface area contributed by atoms with Crippen molar-refractivity contribution in [2.75, 3.05) is 24.5 Å². The lowest BCUT2D eigenvalue weighted by Gasteiger charge is -2.34. The van der Waals surface area contributed by atoms with Crippen LogP contribution in [0.2, 0.25) is 0 Å². The second kappa shape index (κ2) is 7.52. The van der Waals surface area contributed by atoms with Crippen LogP contribution >= 0.6 is 0 Å². The molecule has 4 rings (SSSR count). The van der Waals surface area contributed by atoms with Crippen LogP contribution in [0.4, 0.5) is 14.5 Å².